The van der Waals surface area contributed by atoms with E-state index in [1.165, 1.54) is 0 Å². The van der Waals surface area contributed by atoms with Crippen LogP contribution < -0.4 is 5.73 Å². The van der Waals surface area contributed by atoms with Gasteiger partial charge in [0.25, 0.3) is 0 Å². The van der Waals surface area contributed by atoms with Crippen LogP contribution in [0.4, 0.5) is 10.1 Å². The predicted molar refractivity (Wildman–Crippen MR) is 60.5 cm³/mol. The van der Waals surface area contributed by atoms with Crippen molar-refractivity contribution in [3.05, 3.63) is 39.5 Å². The molecule has 0 amide bonds. The first-order valence-electron chi connectivity index (χ1n) is 4.90. The van der Waals surface area contributed by atoms with Gasteiger partial charge in [0.1, 0.15) is 11.9 Å². The molecule has 1 aromatic rings. The summed E-state index contributed by atoms with van der Waals surface area (Å²) in [7, 11) is 0. The number of halogens is 1. The van der Waals surface area contributed by atoms with Gasteiger partial charge >= 0.3 is 0 Å². The maximum absolute atomic E-state index is 13.1. The Morgan fingerprint density at radius 3 is 2.76 bits per heavy atom. The lowest BCUT2D eigenvalue weighted by Crippen LogP contribution is -2.22. The van der Waals surface area contributed by atoms with Crippen molar-refractivity contribution in [3.8, 4) is 0 Å². The first kappa shape index (κ1) is 13.2. The number of anilines is 1. The van der Waals surface area contributed by atoms with Gasteiger partial charge < -0.3 is 15.9 Å². The summed E-state index contributed by atoms with van der Waals surface area (Å²) in [5.74, 6) is -0.599. The number of hydrogen-bond acceptors (Lipinski definition) is 4. The summed E-state index contributed by atoms with van der Waals surface area (Å²) in [4.78, 5) is 2.46. The van der Waals surface area contributed by atoms with Gasteiger partial charge in [-0.1, -0.05) is 5.11 Å². The van der Waals surface area contributed by atoms with Crippen LogP contribution in [0.25, 0.3) is 10.4 Å². The largest absolute Gasteiger partial charge is 0.398 e. The molecule has 0 heterocycles. The van der Waals surface area contributed by atoms with Crippen LogP contribution in [0, 0.1) is 12.7 Å². The van der Waals surface area contributed by atoms with Crippen LogP contribution in [-0.4, -0.2) is 22.9 Å². The highest BCUT2D eigenvalue weighted by atomic mass is 19.1. The number of benzene rings is 1. The van der Waals surface area contributed by atoms with Crippen molar-refractivity contribution in [2.24, 2.45) is 5.11 Å². The molecule has 0 bridgehead atoms. The summed E-state index contributed by atoms with van der Waals surface area (Å²) in [6, 6.07) is 2.22. The molecule has 0 aliphatic rings. The van der Waals surface area contributed by atoms with Crippen molar-refractivity contribution < 1.29 is 14.6 Å². The number of azide groups is 1. The minimum absolute atomic E-state index is 0.183. The molecule has 0 saturated heterocycles. The van der Waals surface area contributed by atoms with Crippen molar-refractivity contribution in [3.63, 3.8) is 0 Å². The fourth-order valence-electron chi connectivity index (χ4n) is 1.46. The van der Waals surface area contributed by atoms with Gasteiger partial charge in [-0.3, -0.25) is 0 Å². The fraction of sp³-hybridized carbons (Fsp3) is 0.400. The summed E-state index contributed by atoms with van der Waals surface area (Å²) >= 11 is 0. The molecule has 0 aliphatic heterocycles. The quantitative estimate of drug-likeness (QED) is 0.320. The molecule has 2 unspecified atom stereocenters. The molecule has 0 radical (unpaired) electrons. The van der Waals surface area contributed by atoms with Gasteiger partial charge in [-0.2, -0.15) is 0 Å². The van der Waals surface area contributed by atoms with Gasteiger partial charge in [0.15, 0.2) is 0 Å². The van der Waals surface area contributed by atoms with Crippen LogP contribution >= 0.6 is 0 Å². The van der Waals surface area contributed by atoms with Crippen LogP contribution in [0.1, 0.15) is 17.2 Å². The third kappa shape index (κ3) is 3.07. The number of rotatable bonds is 4. The van der Waals surface area contributed by atoms with Crippen molar-refractivity contribution in [1.29, 1.82) is 0 Å². The van der Waals surface area contributed by atoms with E-state index >= 15 is 0 Å². The van der Waals surface area contributed by atoms with E-state index in [9.17, 15) is 14.6 Å². The third-order valence-corrected chi connectivity index (χ3v) is 2.47. The normalized spacial score (nSPS) is 13.9. The topological polar surface area (TPSA) is 115 Å². The Balaban J connectivity index is 3.02. The van der Waals surface area contributed by atoms with E-state index in [2.05, 4.69) is 10.0 Å². The zero-order valence-corrected chi connectivity index (χ0v) is 9.21. The summed E-state index contributed by atoms with van der Waals surface area (Å²) in [5, 5.41) is 22.5. The zero-order chi connectivity index (χ0) is 13.0. The van der Waals surface area contributed by atoms with E-state index in [1.54, 1.807) is 6.92 Å². The van der Waals surface area contributed by atoms with Crippen molar-refractivity contribution in [1.82, 2.24) is 0 Å². The predicted octanol–water partition coefficient (Wildman–Crippen LogP) is 1.42. The molecule has 92 valence electrons. The summed E-state index contributed by atoms with van der Waals surface area (Å²) in [6.07, 6.45) is -2.65. The Kier molecular flexibility index (Phi) is 4.28. The van der Waals surface area contributed by atoms with Gasteiger partial charge in [-0.15, -0.1) is 0 Å². The van der Waals surface area contributed by atoms with Crippen LogP contribution in [0.3, 0.4) is 0 Å². The van der Waals surface area contributed by atoms with Gasteiger partial charge in [0.05, 0.1) is 12.6 Å². The Bertz CT molecular complexity index is 460. The Labute approximate surface area is 97.1 Å². The molecule has 17 heavy (non-hydrogen) atoms. The summed E-state index contributed by atoms with van der Waals surface area (Å²) in [6.45, 7) is 1.31. The van der Waals surface area contributed by atoms with Crippen LogP contribution in [0.2, 0.25) is 0 Å². The third-order valence-electron chi connectivity index (χ3n) is 2.47. The minimum atomic E-state index is -1.35. The lowest BCUT2D eigenvalue weighted by molar-refractivity contribution is 0.0239. The molecule has 0 fully saturated rings. The zero-order valence-electron chi connectivity index (χ0n) is 9.21. The molecule has 0 spiro atoms. The lowest BCUT2D eigenvalue weighted by atomic mass is 9.98. The highest BCUT2D eigenvalue weighted by molar-refractivity contribution is 5.51. The molecule has 6 nitrogen and oxygen atoms in total. The van der Waals surface area contributed by atoms with E-state index in [0.29, 0.717) is 5.56 Å². The molecule has 1 rings (SSSR count). The highest BCUT2D eigenvalue weighted by Crippen LogP contribution is 2.26. The molecule has 0 aliphatic carbocycles. The van der Waals surface area contributed by atoms with E-state index < -0.39 is 18.0 Å². The van der Waals surface area contributed by atoms with E-state index in [0.717, 1.165) is 12.1 Å². The van der Waals surface area contributed by atoms with E-state index in [-0.39, 0.29) is 17.8 Å². The molecule has 7 heteroatoms. The molecular formula is C10H13FN4O2. The molecule has 2 atom stereocenters. The molecule has 4 N–H and O–H groups in total. The van der Waals surface area contributed by atoms with Crippen LogP contribution in [-0.2, 0) is 0 Å². The monoisotopic (exact) mass is 240 g/mol. The maximum atomic E-state index is 13.1. The summed E-state index contributed by atoms with van der Waals surface area (Å²) < 4.78 is 13.1. The van der Waals surface area contributed by atoms with Crippen molar-refractivity contribution >= 4 is 5.69 Å². The molecule has 0 saturated carbocycles. The fourth-order valence-corrected chi connectivity index (χ4v) is 1.46. The number of aliphatic hydroxyl groups excluding tert-OH is 2. The van der Waals surface area contributed by atoms with Crippen molar-refractivity contribution in [2.45, 2.75) is 19.1 Å². The average molecular weight is 240 g/mol. The SMILES string of the molecule is Cc1c(N)cc(F)cc1C(O)C(O)CN=[N+]=[N-]. The molecule has 1 aromatic carbocycles. The standard InChI is InChI=1S/C10H13FN4O2/c1-5-7(2-6(11)3-8(5)12)10(17)9(16)4-14-15-13/h2-3,9-10,16-17H,4,12H2,1H3. The minimum Gasteiger partial charge on any atom is -0.398 e. The van der Waals surface area contributed by atoms with Gasteiger partial charge in [-0.05, 0) is 35.7 Å². The smallest absolute Gasteiger partial charge is 0.125 e. The Hall–Kier alpha value is -1.82. The molecule has 0 aromatic heterocycles. The number of nitrogens with two attached hydrogens (primary N) is 1. The number of hydrogen-bond donors (Lipinski definition) is 3. The first-order chi connectivity index (χ1) is 7.97. The second-order valence-electron chi connectivity index (χ2n) is 3.63. The first-order valence-corrected chi connectivity index (χ1v) is 4.90. The molecular weight excluding hydrogens is 227 g/mol. The lowest BCUT2D eigenvalue weighted by Gasteiger charge is -2.19. The number of nitrogen functional groups attached to an aromatic ring is 1. The average Bonchev–Trinajstić information content (AvgIpc) is 2.29. The van der Waals surface area contributed by atoms with Gasteiger partial charge in [0.2, 0.25) is 0 Å². The van der Waals surface area contributed by atoms with Gasteiger partial charge in [-0.25, -0.2) is 4.39 Å². The number of nitrogens with zero attached hydrogens (tertiary/aromatic N) is 3. The summed E-state index contributed by atoms with van der Waals surface area (Å²) in [5.41, 5.74) is 14.5. The van der Waals surface area contributed by atoms with Gasteiger partial charge in [0, 0.05) is 10.6 Å². The Morgan fingerprint density at radius 1 is 1.53 bits per heavy atom. The Morgan fingerprint density at radius 2 is 2.18 bits per heavy atom. The van der Waals surface area contributed by atoms with Crippen LogP contribution in [0.5, 0.6) is 0 Å². The van der Waals surface area contributed by atoms with E-state index in [1.807, 2.05) is 0 Å². The maximum Gasteiger partial charge on any atom is 0.125 e. The van der Waals surface area contributed by atoms with Crippen molar-refractivity contribution in [2.75, 3.05) is 12.3 Å². The highest BCUT2D eigenvalue weighted by Gasteiger charge is 2.21. The number of aliphatic hydroxyl groups is 2. The van der Waals surface area contributed by atoms with E-state index in [4.69, 9.17) is 11.3 Å². The van der Waals surface area contributed by atoms with Crippen LogP contribution in [0.15, 0.2) is 17.2 Å². The second kappa shape index (κ2) is 5.49. The second-order valence-corrected chi connectivity index (χ2v) is 3.63.